The molecule has 2 heterocycles. The van der Waals surface area contributed by atoms with Gasteiger partial charge in [0.05, 0.1) is 16.1 Å². The maximum Gasteiger partial charge on any atom is 0.410 e. The van der Waals surface area contributed by atoms with Crippen LogP contribution < -0.4 is 4.90 Å². The lowest BCUT2D eigenvalue weighted by Crippen LogP contribution is -2.41. The molecule has 0 radical (unpaired) electrons. The molecule has 0 bridgehead atoms. The molecule has 1 aromatic carbocycles. The van der Waals surface area contributed by atoms with Crippen LogP contribution in [-0.4, -0.2) is 72.2 Å². The molecule has 1 aliphatic heterocycles. The summed E-state index contributed by atoms with van der Waals surface area (Å²) in [5, 5.41) is 10.2. The zero-order valence-electron chi connectivity index (χ0n) is 21.3. The van der Waals surface area contributed by atoms with Gasteiger partial charge in [0.1, 0.15) is 17.5 Å². The summed E-state index contributed by atoms with van der Waals surface area (Å²) < 4.78 is 5.55. The third-order valence-electron chi connectivity index (χ3n) is 5.99. The number of halogens is 1. The molecule has 35 heavy (non-hydrogen) atoms. The maximum absolute atomic E-state index is 12.6. The van der Waals surface area contributed by atoms with Gasteiger partial charge in [0.25, 0.3) is 5.91 Å². The average Bonchev–Trinajstić information content (AvgIpc) is 3.18. The smallest absolute Gasteiger partial charge is 0.410 e. The Labute approximate surface area is 212 Å². The molecule has 0 aliphatic carbocycles. The molecule has 0 spiro atoms. The van der Waals surface area contributed by atoms with Crippen LogP contribution >= 0.6 is 11.6 Å². The van der Waals surface area contributed by atoms with E-state index in [1.165, 1.54) is 4.90 Å². The summed E-state index contributed by atoms with van der Waals surface area (Å²) in [7, 11) is 5.23. The second kappa shape index (κ2) is 10.1. The van der Waals surface area contributed by atoms with Crippen LogP contribution in [0.2, 0.25) is 5.02 Å². The second-order valence-corrected chi connectivity index (χ2v) is 10.5. The van der Waals surface area contributed by atoms with Gasteiger partial charge < -0.3 is 19.4 Å². The van der Waals surface area contributed by atoms with E-state index in [2.05, 4.69) is 11.1 Å². The molecule has 3 rings (SSSR count). The Morgan fingerprint density at radius 2 is 1.89 bits per heavy atom. The first-order valence-electron chi connectivity index (χ1n) is 11.5. The van der Waals surface area contributed by atoms with Crippen LogP contribution in [0.3, 0.4) is 0 Å². The zero-order chi connectivity index (χ0) is 26.1. The van der Waals surface area contributed by atoms with Gasteiger partial charge in [0.15, 0.2) is 0 Å². The van der Waals surface area contributed by atoms with Gasteiger partial charge in [-0.15, -0.1) is 0 Å². The average molecular weight is 498 g/mol. The lowest BCUT2D eigenvalue weighted by molar-refractivity contribution is 0.0237. The summed E-state index contributed by atoms with van der Waals surface area (Å²) in [6.07, 6.45) is 2.09. The van der Waals surface area contributed by atoms with Crippen molar-refractivity contribution >= 4 is 29.4 Å². The number of ether oxygens (including phenoxy) is 1. The second-order valence-electron chi connectivity index (χ2n) is 10.1. The number of likely N-dealkylation sites (tertiary alicyclic amines) is 1. The number of hydrogen-bond acceptors (Lipinski definition) is 6. The number of benzene rings is 1. The van der Waals surface area contributed by atoms with Crippen molar-refractivity contribution in [2.75, 3.05) is 32.6 Å². The van der Waals surface area contributed by atoms with E-state index < -0.39 is 5.60 Å². The third kappa shape index (κ3) is 5.85. The van der Waals surface area contributed by atoms with Crippen LogP contribution in [0.15, 0.2) is 30.5 Å². The third-order valence-corrected chi connectivity index (χ3v) is 6.30. The minimum atomic E-state index is -0.562. The fraction of sp³-hybridized carbons (Fsp3) is 0.462. The Morgan fingerprint density at radius 3 is 2.46 bits per heavy atom. The van der Waals surface area contributed by atoms with Crippen molar-refractivity contribution in [3.8, 4) is 17.2 Å². The molecule has 0 N–H and O–H groups in total. The number of likely N-dealkylation sites (N-methyl/N-ethyl adjacent to an activating group) is 1. The zero-order valence-corrected chi connectivity index (χ0v) is 22.1. The van der Waals surface area contributed by atoms with Gasteiger partial charge in [-0.05, 0) is 57.9 Å². The highest BCUT2D eigenvalue weighted by molar-refractivity contribution is 6.34. The lowest BCUT2D eigenvalue weighted by Gasteiger charge is -2.28. The van der Waals surface area contributed by atoms with Gasteiger partial charge in [0.2, 0.25) is 0 Å². The summed E-state index contributed by atoms with van der Waals surface area (Å²) in [6.45, 7) is 8.02. The van der Waals surface area contributed by atoms with Gasteiger partial charge >= 0.3 is 6.09 Å². The first kappa shape index (κ1) is 26.3. The van der Waals surface area contributed by atoms with E-state index in [1.807, 2.05) is 39.6 Å². The molecule has 1 aliphatic rings. The Balaban J connectivity index is 1.83. The van der Waals surface area contributed by atoms with E-state index in [9.17, 15) is 14.9 Å². The van der Waals surface area contributed by atoms with Crippen LogP contribution in [-0.2, 0) is 4.74 Å². The number of rotatable bonds is 4. The van der Waals surface area contributed by atoms with E-state index in [4.69, 9.17) is 16.3 Å². The monoisotopic (exact) mass is 497 g/mol. The van der Waals surface area contributed by atoms with Crippen LogP contribution in [0, 0.1) is 11.3 Å². The molecule has 2 unspecified atom stereocenters. The Bertz CT molecular complexity index is 1170. The summed E-state index contributed by atoms with van der Waals surface area (Å²) in [6, 6.07) is 9.19. The molecule has 8 nitrogen and oxygen atoms in total. The van der Waals surface area contributed by atoms with Crippen molar-refractivity contribution in [3.63, 3.8) is 0 Å². The van der Waals surface area contributed by atoms with Crippen LogP contribution in [0.1, 0.15) is 50.0 Å². The number of carbonyl (C=O) groups is 2. The highest BCUT2D eigenvalue weighted by Gasteiger charge is 2.37. The predicted octanol–water partition coefficient (Wildman–Crippen LogP) is 4.81. The molecule has 9 heteroatoms. The Kier molecular flexibility index (Phi) is 7.61. The van der Waals surface area contributed by atoms with Crippen LogP contribution in [0.5, 0.6) is 0 Å². The number of carbonyl (C=O) groups excluding carboxylic acids is 2. The van der Waals surface area contributed by atoms with Crippen molar-refractivity contribution in [1.82, 2.24) is 14.8 Å². The minimum Gasteiger partial charge on any atom is -0.444 e. The van der Waals surface area contributed by atoms with Crippen LogP contribution in [0.4, 0.5) is 10.6 Å². The quantitative estimate of drug-likeness (QED) is 0.602. The molecule has 186 valence electrons. The topological polar surface area (TPSA) is 89.8 Å². The van der Waals surface area contributed by atoms with Gasteiger partial charge in [-0.25, -0.2) is 9.78 Å². The number of amides is 2. The number of nitrogens with zero attached hydrogens (tertiary/aromatic N) is 5. The van der Waals surface area contributed by atoms with Crippen molar-refractivity contribution in [2.24, 2.45) is 0 Å². The summed E-state index contributed by atoms with van der Waals surface area (Å²) >= 11 is 6.37. The molecular formula is C26H32ClN5O3. The number of hydrogen-bond donors (Lipinski definition) is 0. The fourth-order valence-corrected chi connectivity index (χ4v) is 4.38. The highest BCUT2D eigenvalue weighted by Crippen LogP contribution is 2.31. The molecule has 1 aromatic heterocycles. The largest absolute Gasteiger partial charge is 0.444 e. The van der Waals surface area contributed by atoms with Gasteiger partial charge in [-0.1, -0.05) is 17.7 Å². The number of pyridine rings is 1. The Hall–Kier alpha value is -3.31. The predicted molar refractivity (Wildman–Crippen MR) is 137 cm³/mol. The molecule has 2 atom stereocenters. The number of nitriles is 1. The van der Waals surface area contributed by atoms with E-state index in [0.29, 0.717) is 28.5 Å². The van der Waals surface area contributed by atoms with Gasteiger partial charge in [-0.2, -0.15) is 5.26 Å². The summed E-state index contributed by atoms with van der Waals surface area (Å²) in [4.78, 5) is 34.6. The molecule has 1 saturated heterocycles. The first-order chi connectivity index (χ1) is 16.3. The van der Waals surface area contributed by atoms with E-state index in [1.54, 1.807) is 49.5 Å². The van der Waals surface area contributed by atoms with Gasteiger partial charge in [-0.3, -0.25) is 4.79 Å². The van der Waals surface area contributed by atoms with Crippen molar-refractivity contribution in [3.05, 3.63) is 46.6 Å². The van der Waals surface area contributed by atoms with E-state index in [0.717, 1.165) is 17.5 Å². The van der Waals surface area contributed by atoms with Crippen molar-refractivity contribution in [1.29, 1.82) is 5.26 Å². The fourth-order valence-electron chi connectivity index (χ4n) is 4.12. The van der Waals surface area contributed by atoms with Crippen LogP contribution in [0.25, 0.3) is 11.1 Å². The molecule has 2 aromatic rings. The van der Waals surface area contributed by atoms with Crippen molar-refractivity contribution < 1.29 is 14.3 Å². The number of anilines is 1. The normalized spacial score (nSPS) is 17.6. The standard InChI is InChI=1S/C26H32ClN5O3/c1-16-10-20(15-32(16)25(34)35-26(2,3)4)31(7)23-18(13-28)11-19(14-29-23)17-8-9-21(22(27)12-17)24(33)30(5)6/h8-9,11-12,14,16,20H,10,15H2,1-7H3. The lowest BCUT2D eigenvalue weighted by atomic mass is 10.0. The van der Waals surface area contributed by atoms with Gasteiger partial charge in [0, 0.05) is 51.5 Å². The first-order valence-corrected chi connectivity index (χ1v) is 11.8. The molecular weight excluding hydrogens is 466 g/mol. The number of aromatic nitrogens is 1. The minimum absolute atomic E-state index is 0.00579. The Morgan fingerprint density at radius 1 is 1.20 bits per heavy atom. The van der Waals surface area contributed by atoms with E-state index >= 15 is 0 Å². The van der Waals surface area contributed by atoms with Crippen molar-refractivity contribution in [2.45, 2.75) is 51.8 Å². The summed E-state index contributed by atoms with van der Waals surface area (Å²) in [5.41, 5.74) is 1.74. The van der Waals surface area contributed by atoms with E-state index in [-0.39, 0.29) is 24.1 Å². The molecule has 2 amide bonds. The maximum atomic E-state index is 12.6. The molecule has 1 fully saturated rings. The molecule has 0 saturated carbocycles. The SMILES string of the molecule is CC1CC(N(C)c2ncc(-c3ccc(C(=O)N(C)C)c(Cl)c3)cc2C#N)CN1C(=O)OC(C)(C)C. The highest BCUT2D eigenvalue weighted by atomic mass is 35.5. The summed E-state index contributed by atoms with van der Waals surface area (Å²) in [5.74, 6) is 0.366.